The van der Waals surface area contributed by atoms with Gasteiger partial charge in [0.25, 0.3) is 5.91 Å². The Bertz CT molecular complexity index is 1230. The zero-order valence-corrected chi connectivity index (χ0v) is 18.1. The molecule has 3 aromatic carbocycles. The van der Waals surface area contributed by atoms with Crippen LogP contribution in [0.15, 0.2) is 77.4 Å². The minimum Gasteiger partial charge on any atom is -0.464 e. The Balaban J connectivity index is 1.26. The molecule has 1 amide bonds. The summed E-state index contributed by atoms with van der Waals surface area (Å²) >= 11 is 0. The molecule has 1 aliphatic rings. The number of rotatable bonds is 3. The lowest BCUT2D eigenvalue weighted by molar-refractivity contribution is 0.0713. The second-order valence-corrected chi connectivity index (χ2v) is 8.61. The maximum absolute atomic E-state index is 13.0. The molecule has 4 aromatic rings. The van der Waals surface area contributed by atoms with Gasteiger partial charge in [0.15, 0.2) is 0 Å². The minimum absolute atomic E-state index is 0.117. The van der Waals surface area contributed by atoms with Gasteiger partial charge >= 0.3 is 0 Å². The SMILES string of the molecule is Cc1cccc(-c2ccc(C3CCN(C(=O)c4ccc5occc5c4)CC3)cc2)c1C. The van der Waals surface area contributed by atoms with Gasteiger partial charge in [-0.1, -0.05) is 42.5 Å². The van der Waals surface area contributed by atoms with Crippen molar-refractivity contribution in [1.29, 1.82) is 0 Å². The first-order valence-corrected chi connectivity index (χ1v) is 11.0. The minimum atomic E-state index is 0.117. The van der Waals surface area contributed by atoms with Crippen LogP contribution in [0, 0.1) is 13.8 Å². The Morgan fingerprint density at radius 3 is 2.48 bits per heavy atom. The van der Waals surface area contributed by atoms with Crippen molar-refractivity contribution in [2.24, 2.45) is 0 Å². The van der Waals surface area contributed by atoms with Gasteiger partial charge in [-0.15, -0.1) is 0 Å². The van der Waals surface area contributed by atoms with Crippen molar-refractivity contribution < 1.29 is 9.21 Å². The van der Waals surface area contributed by atoms with Crippen molar-refractivity contribution in [3.8, 4) is 11.1 Å². The van der Waals surface area contributed by atoms with Crippen LogP contribution in [-0.4, -0.2) is 23.9 Å². The standard InChI is InChI=1S/C28H27NO2/c1-19-4-3-5-26(20(19)2)23-8-6-21(7-9-23)22-12-15-29(16-13-22)28(30)25-10-11-27-24(18-25)14-17-31-27/h3-11,14,17-18,22H,12-13,15-16H2,1-2H3. The number of furan rings is 1. The summed E-state index contributed by atoms with van der Waals surface area (Å²) in [4.78, 5) is 15.0. The normalized spacial score (nSPS) is 14.8. The number of nitrogens with zero attached hydrogens (tertiary/aromatic N) is 1. The molecule has 31 heavy (non-hydrogen) atoms. The van der Waals surface area contributed by atoms with Crippen molar-refractivity contribution in [3.63, 3.8) is 0 Å². The molecule has 1 aliphatic heterocycles. The van der Waals surface area contributed by atoms with Crippen molar-refractivity contribution in [2.45, 2.75) is 32.6 Å². The summed E-state index contributed by atoms with van der Waals surface area (Å²) in [7, 11) is 0. The van der Waals surface area contributed by atoms with Crippen LogP contribution >= 0.6 is 0 Å². The Kier molecular flexibility index (Phi) is 5.11. The molecule has 156 valence electrons. The highest BCUT2D eigenvalue weighted by atomic mass is 16.3. The number of carbonyl (C=O) groups excluding carboxylic acids is 1. The van der Waals surface area contributed by atoms with Gasteiger partial charge in [-0.2, -0.15) is 0 Å². The number of benzene rings is 3. The topological polar surface area (TPSA) is 33.5 Å². The van der Waals surface area contributed by atoms with E-state index in [4.69, 9.17) is 4.42 Å². The van der Waals surface area contributed by atoms with E-state index in [9.17, 15) is 4.79 Å². The van der Waals surface area contributed by atoms with Crippen molar-refractivity contribution >= 4 is 16.9 Å². The fourth-order valence-corrected chi connectivity index (χ4v) is 4.70. The third kappa shape index (κ3) is 3.76. The fraction of sp³-hybridized carbons (Fsp3) is 0.250. The molecule has 3 nitrogen and oxygen atoms in total. The Hall–Kier alpha value is -3.33. The van der Waals surface area contributed by atoms with Crippen LogP contribution in [-0.2, 0) is 0 Å². The van der Waals surface area contributed by atoms with Gasteiger partial charge in [0.1, 0.15) is 5.58 Å². The maximum Gasteiger partial charge on any atom is 0.253 e. The third-order valence-corrected chi connectivity index (χ3v) is 6.78. The molecule has 0 atom stereocenters. The van der Waals surface area contributed by atoms with Crippen LogP contribution in [0.4, 0.5) is 0 Å². The molecule has 3 heteroatoms. The van der Waals surface area contributed by atoms with E-state index in [0.717, 1.165) is 42.5 Å². The molecule has 5 rings (SSSR count). The Morgan fingerprint density at radius 1 is 0.935 bits per heavy atom. The van der Waals surface area contributed by atoms with E-state index in [0.29, 0.717) is 5.92 Å². The second kappa shape index (κ2) is 8.07. The van der Waals surface area contributed by atoms with Gasteiger partial charge < -0.3 is 9.32 Å². The van der Waals surface area contributed by atoms with Crippen molar-refractivity contribution in [3.05, 3.63) is 95.2 Å². The highest BCUT2D eigenvalue weighted by Crippen LogP contribution is 2.32. The molecule has 2 heterocycles. The van der Waals surface area contributed by atoms with Crippen LogP contribution in [0.2, 0.25) is 0 Å². The molecule has 0 saturated carbocycles. The lowest BCUT2D eigenvalue weighted by atomic mass is 9.87. The van der Waals surface area contributed by atoms with Crippen LogP contribution in [0.1, 0.15) is 45.8 Å². The van der Waals surface area contributed by atoms with Crippen LogP contribution in [0.3, 0.4) is 0 Å². The predicted octanol–water partition coefficient (Wildman–Crippen LogP) is 6.74. The van der Waals surface area contributed by atoms with Gasteiger partial charge in [0, 0.05) is 24.0 Å². The predicted molar refractivity (Wildman–Crippen MR) is 125 cm³/mol. The first kappa shape index (κ1) is 19.6. The third-order valence-electron chi connectivity index (χ3n) is 6.78. The van der Waals surface area contributed by atoms with Crippen LogP contribution in [0.25, 0.3) is 22.1 Å². The summed E-state index contributed by atoms with van der Waals surface area (Å²) in [5.41, 5.74) is 8.18. The van der Waals surface area contributed by atoms with Gasteiger partial charge in [-0.05, 0) is 84.7 Å². The van der Waals surface area contributed by atoms with E-state index in [-0.39, 0.29) is 5.91 Å². The molecule has 0 bridgehead atoms. The van der Waals surface area contributed by atoms with E-state index in [2.05, 4.69) is 56.3 Å². The van der Waals surface area contributed by atoms with E-state index >= 15 is 0 Å². The number of likely N-dealkylation sites (tertiary alicyclic amines) is 1. The van der Waals surface area contributed by atoms with Crippen LogP contribution < -0.4 is 0 Å². The van der Waals surface area contributed by atoms with Crippen molar-refractivity contribution in [1.82, 2.24) is 4.90 Å². The lowest BCUT2D eigenvalue weighted by Gasteiger charge is -2.32. The van der Waals surface area contributed by atoms with E-state index in [1.165, 1.54) is 27.8 Å². The van der Waals surface area contributed by atoms with E-state index in [1.54, 1.807) is 6.26 Å². The molecule has 0 N–H and O–H groups in total. The van der Waals surface area contributed by atoms with E-state index in [1.807, 2.05) is 29.2 Å². The largest absolute Gasteiger partial charge is 0.464 e. The fourth-order valence-electron chi connectivity index (χ4n) is 4.70. The molecule has 1 saturated heterocycles. The molecule has 1 aromatic heterocycles. The number of hydrogen-bond acceptors (Lipinski definition) is 2. The summed E-state index contributed by atoms with van der Waals surface area (Å²) in [6.45, 7) is 5.95. The summed E-state index contributed by atoms with van der Waals surface area (Å²) < 4.78 is 5.39. The molecular formula is C28H27NO2. The molecule has 0 unspecified atom stereocenters. The summed E-state index contributed by atoms with van der Waals surface area (Å²) in [6.07, 6.45) is 3.67. The first-order chi connectivity index (χ1) is 15.1. The molecule has 0 aliphatic carbocycles. The molecule has 0 radical (unpaired) electrons. The number of aryl methyl sites for hydroxylation is 1. The Labute approximate surface area is 183 Å². The molecule has 0 spiro atoms. The number of fused-ring (bicyclic) bond motifs is 1. The number of hydrogen-bond donors (Lipinski definition) is 0. The van der Waals surface area contributed by atoms with Gasteiger partial charge in [-0.25, -0.2) is 0 Å². The lowest BCUT2D eigenvalue weighted by Crippen LogP contribution is -2.37. The number of carbonyl (C=O) groups is 1. The zero-order valence-electron chi connectivity index (χ0n) is 18.1. The number of piperidine rings is 1. The zero-order chi connectivity index (χ0) is 21.4. The number of amides is 1. The second-order valence-electron chi connectivity index (χ2n) is 8.61. The highest BCUT2D eigenvalue weighted by Gasteiger charge is 2.25. The van der Waals surface area contributed by atoms with Crippen LogP contribution in [0.5, 0.6) is 0 Å². The highest BCUT2D eigenvalue weighted by molar-refractivity contribution is 5.97. The van der Waals surface area contributed by atoms with Gasteiger partial charge in [0.2, 0.25) is 0 Å². The summed E-state index contributed by atoms with van der Waals surface area (Å²) in [5, 5.41) is 0.977. The first-order valence-electron chi connectivity index (χ1n) is 11.0. The maximum atomic E-state index is 13.0. The van der Waals surface area contributed by atoms with Gasteiger partial charge in [-0.3, -0.25) is 4.79 Å². The molecular weight excluding hydrogens is 382 g/mol. The molecule has 1 fully saturated rings. The Morgan fingerprint density at radius 2 is 1.71 bits per heavy atom. The van der Waals surface area contributed by atoms with Gasteiger partial charge in [0.05, 0.1) is 6.26 Å². The smallest absolute Gasteiger partial charge is 0.253 e. The monoisotopic (exact) mass is 409 g/mol. The van der Waals surface area contributed by atoms with Crippen molar-refractivity contribution in [2.75, 3.05) is 13.1 Å². The summed E-state index contributed by atoms with van der Waals surface area (Å²) in [6, 6.07) is 23.1. The van der Waals surface area contributed by atoms with E-state index < -0.39 is 0 Å². The quantitative estimate of drug-likeness (QED) is 0.375. The average Bonchev–Trinajstić information content (AvgIpc) is 3.29. The average molecular weight is 410 g/mol. The summed E-state index contributed by atoms with van der Waals surface area (Å²) in [5.74, 6) is 0.625.